The van der Waals surface area contributed by atoms with E-state index in [9.17, 15) is 0 Å². The maximum atomic E-state index is 3.98. The number of nitrogens with zero attached hydrogens (tertiary/aromatic N) is 3. The van der Waals surface area contributed by atoms with Crippen molar-refractivity contribution in [3.8, 4) is 0 Å². The fourth-order valence-electron chi connectivity index (χ4n) is 0.583. The molecular formula is C5H2N3S. The summed E-state index contributed by atoms with van der Waals surface area (Å²) < 4.78 is 3.98. The second kappa shape index (κ2) is 1.73. The van der Waals surface area contributed by atoms with Crippen LogP contribution in [0.2, 0.25) is 0 Å². The summed E-state index contributed by atoms with van der Waals surface area (Å²) >= 11 is 1.28. The van der Waals surface area contributed by atoms with Crippen LogP contribution in [-0.2, 0) is 0 Å². The topological polar surface area (TPSA) is 38.7 Å². The molecule has 0 aliphatic carbocycles. The summed E-state index contributed by atoms with van der Waals surface area (Å²) in [5.74, 6) is 0. The molecule has 0 N–H and O–H groups in total. The second-order valence-corrected chi connectivity index (χ2v) is 2.11. The maximum absolute atomic E-state index is 3.98. The molecule has 2 aromatic heterocycles. The Hall–Kier alpha value is -1.03. The van der Waals surface area contributed by atoms with Gasteiger partial charge in [0.05, 0.1) is 11.6 Å². The van der Waals surface area contributed by atoms with E-state index in [1.807, 2.05) is 0 Å². The van der Waals surface area contributed by atoms with Gasteiger partial charge in [0.25, 0.3) is 0 Å². The van der Waals surface area contributed by atoms with Crippen molar-refractivity contribution in [3.63, 3.8) is 0 Å². The smallest absolute Gasteiger partial charge is 0.122 e. The van der Waals surface area contributed by atoms with Crippen LogP contribution in [0.4, 0.5) is 0 Å². The van der Waals surface area contributed by atoms with Gasteiger partial charge in [-0.1, -0.05) is 0 Å². The molecule has 1 radical (unpaired) electrons. The van der Waals surface area contributed by atoms with E-state index in [4.69, 9.17) is 0 Å². The molecule has 0 saturated heterocycles. The third-order valence-electron chi connectivity index (χ3n) is 0.979. The zero-order valence-electron chi connectivity index (χ0n) is 4.40. The first-order valence-electron chi connectivity index (χ1n) is 2.40. The standard InChI is InChI=1S/C5H2N3S/c1-4-5(2-9-8-4)7-3-6-1/h1,3H. The molecule has 0 bridgehead atoms. The minimum absolute atomic E-state index is 0.801. The number of rotatable bonds is 0. The first-order chi connectivity index (χ1) is 4.47. The van der Waals surface area contributed by atoms with Gasteiger partial charge in [0.2, 0.25) is 0 Å². The van der Waals surface area contributed by atoms with Crippen molar-refractivity contribution >= 4 is 22.6 Å². The quantitative estimate of drug-likeness (QED) is 0.539. The lowest BCUT2D eigenvalue weighted by molar-refractivity contribution is 1.22. The molecule has 9 heavy (non-hydrogen) atoms. The van der Waals surface area contributed by atoms with E-state index in [0.29, 0.717) is 0 Å². The summed E-state index contributed by atoms with van der Waals surface area (Å²) in [5.41, 5.74) is 1.62. The van der Waals surface area contributed by atoms with Crippen molar-refractivity contribution in [2.24, 2.45) is 0 Å². The maximum Gasteiger partial charge on any atom is 0.122 e. The third-order valence-corrected chi connectivity index (χ3v) is 1.55. The summed E-state index contributed by atoms with van der Waals surface area (Å²) in [5, 5.41) is 2.90. The first-order valence-corrected chi connectivity index (χ1v) is 3.17. The van der Waals surface area contributed by atoms with Gasteiger partial charge in [-0.15, -0.1) is 0 Å². The van der Waals surface area contributed by atoms with E-state index in [2.05, 4.69) is 19.7 Å². The lowest BCUT2D eigenvalue weighted by Gasteiger charge is -1.79. The molecule has 0 saturated carbocycles. The fourth-order valence-corrected chi connectivity index (χ4v) is 1.10. The fraction of sp³-hybridized carbons (Fsp3) is 0. The van der Waals surface area contributed by atoms with Crippen molar-refractivity contribution in [3.05, 3.63) is 17.9 Å². The van der Waals surface area contributed by atoms with Gasteiger partial charge in [-0.3, -0.25) is 0 Å². The number of aromatic nitrogens is 3. The molecule has 3 nitrogen and oxygen atoms in total. The summed E-state index contributed by atoms with van der Waals surface area (Å²) in [7, 11) is 0. The van der Waals surface area contributed by atoms with Gasteiger partial charge in [0.15, 0.2) is 0 Å². The van der Waals surface area contributed by atoms with Crippen LogP contribution in [0.1, 0.15) is 0 Å². The van der Waals surface area contributed by atoms with Crippen molar-refractivity contribution < 1.29 is 0 Å². The van der Waals surface area contributed by atoms with Gasteiger partial charge in [-0.05, 0) is 11.5 Å². The van der Waals surface area contributed by atoms with Crippen LogP contribution >= 0.6 is 11.5 Å². The van der Waals surface area contributed by atoms with Crippen LogP contribution in [-0.4, -0.2) is 14.3 Å². The largest absolute Gasteiger partial charge is 0.242 e. The molecule has 0 fully saturated rings. The summed E-state index contributed by atoms with van der Waals surface area (Å²) in [6.45, 7) is 0. The Balaban J connectivity index is 2.95. The van der Waals surface area contributed by atoms with Gasteiger partial charge in [0.1, 0.15) is 17.4 Å². The molecule has 0 spiro atoms. The van der Waals surface area contributed by atoms with Crippen LogP contribution in [0.15, 0.2) is 12.5 Å². The van der Waals surface area contributed by atoms with E-state index in [1.54, 1.807) is 6.20 Å². The summed E-state index contributed by atoms with van der Waals surface area (Å²) in [6, 6.07) is 0. The highest BCUT2D eigenvalue weighted by atomic mass is 32.1. The molecule has 2 heterocycles. The lowest BCUT2D eigenvalue weighted by Crippen LogP contribution is -1.74. The van der Waals surface area contributed by atoms with Crippen molar-refractivity contribution in [2.45, 2.75) is 0 Å². The predicted octanol–water partition coefficient (Wildman–Crippen LogP) is 0.886. The molecule has 0 atom stereocenters. The monoisotopic (exact) mass is 136 g/mol. The predicted molar refractivity (Wildman–Crippen MR) is 34.0 cm³/mol. The van der Waals surface area contributed by atoms with Crippen molar-refractivity contribution in [2.75, 3.05) is 0 Å². The molecule has 43 valence electrons. The number of fused-ring (bicyclic) bond motifs is 1. The average Bonchev–Trinajstić information content (AvgIpc) is 2.33. The SMILES string of the molecule is [c]1snc2cncnc12. The van der Waals surface area contributed by atoms with Crippen LogP contribution in [0.25, 0.3) is 11.0 Å². The molecule has 0 aliphatic rings. The number of hydrogen-bond donors (Lipinski definition) is 0. The summed E-state index contributed by atoms with van der Waals surface area (Å²) in [4.78, 5) is 7.72. The molecule has 4 heteroatoms. The summed E-state index contributed by atoms with van der Waals surface area (Å²) in [6.07, 6.45) is 3.17. The highest BCUT2D eigenvalue weighted by Crippen LogP contribution is 2.07. The minimum Gasteiger partial charge on any atom is -0.242 e. The van der Waals surface area contributed by atoms with E-state index in [0.717, 1.165) is 11.0 Å². The third kappa shape index (κ3) is 0.675. The first kappa shape index (κ1) is 4.81. The zero-order valence-corrected chi connectivity index (χ0v) is 5.22. The van der Waals surface area contributed by atoms with Crippen molar-refractivity contribution in [1.29, 1.82) is 0 Å². The Labute approximate surface area is 55.6 Å². The number of hydrogen-bond acceptors (Lipinski definition) is 4. The van der Waals surface area contributed by atoms with E-state index in [1.165, 1.54) is 17.9 Å². The molecule has 0 aliphatic heterocycles. The van der Waals surface area contributed by atoms with Crippen LogP contribution in [0.3, 0.4) is 0 Å². The van der Waals surface area contributed by atoms with Crippen LogP contribution in [0.5, 0.6) is 0 Å². The minimum atomic E-state index is 0.801. The Morgan fingerprint density at radius 3 is 3.44 bits per heavy atom. The normalized spacial score (nSPS) is 10.2. The molecule has 0 unspecified atom stereocenters. The second-order valence-electron chi connectivity index (χ2n) is 1.54. The molecule has 0 aromatic carbocycles. The van der Waals surface area contributed by atoms with Crippen molar-refractivity contribution in [1.82, 2.24) is 14.3 Å². The molecular weight excluding hydrogens is 134 g/mol. The molecule has 2 rings (SSSR count). The Kier molecular flexibility index (Phi) is 0.927. The van der Waals surface area contributed by atoms with Gasteiger partial charge in [0, 0.05) is 0 Å². The Bertz CT molecular complexity index is 286. The van der Waals surface area contributed by atoms with Crippen LogP contribution in [0, 0.1) is 5.38 Å². The Morgan fingerprint density at radius 1 is 1.56 bits per heavy atom. The van der Waals surface area contributed by atoms with Gasteiger partial charge >= 0.3 is 0 Å². The highest BCUT2D eigenvalue weighted by Gasteiger charge is 1.93. The van der Waals surface area contributed by atoms with Gasteiger partial charge in [-0.25, -0.2) is 9.97 Å². The lowest BCUT2D eigenvalue weighted by atomic mass is 10.5. The van der Waals surface area contributed by atoms with Gasteiger partial charge in [-0.2, -0.15) is 4.37 Å². The highest BCUT2D eigenvalue weighted by molar-refractivity contribution is 7.04. The van der Waals surface area contributed by atoms with E-state index < -0.39 is 0 Å². The molecule has 0 amide bonds. The van der Waals surface area contributed by atoms with Crippen LogP contribution < -0.4 is 0 Å². The Morgan fingerprint density at radius 2 is 2.56 bits per heavy atom. The average molecular weight is 136 g/mol. The van der Waals surface area contributed by atoms with Gasteiger partial charge < -0.3 is 0 Å². The zero-order chi connectivity index (χ0) is 6.10. The van der Waals surface area contributed by atoms with E-state index >= 15 is 0 Å². The molecule has 2 aromatic rings. The van der Waals surface area contributed by atoms with E-state index in [-0.39, 0.29) is 0 Å².